The zero-order chi connectivity index (χ0) is 16.2. The standard InChI is InChI=1S/C18H12BrN3O/c1-23-18-13(6-4-8-21-18)15-9-17(22-11-12(15)10-20)14-5-2-3-7-16(14)19/h2-9,11H,1H3. The Labute approximate surface area is 142 Å². The maximum atomic E-state index is 9.40. The lowest BCUT2D eigenvalue weighted by molar-refractivity contribution is 0.399. The van der Waals surface area contributed by atoms with Crippen LogP contribution in [0.5, 0.6) is 5.88 Å². The fraction of sp³-hybridized carbons (Fsp3) is 0.0556. The van der Waals surface area contributed by atoms with E-state index in [0.29, 0.717) is 11.4 Å². The minimum absolute atomic E-state index is 0.479. The lowest BCUT2D eigenvalue weighted by Gasteiger charge is -2.11. The fourth-order valence-electron chi connectivity index (χ4n) is 2.34. The summed E-state index contributed by atoms with van der Waals surface area (Å²) in [6.45, 7) is 0. The number of aromatic nitrogens is 2. The second-order valence-electron chi connectivity index (χ2n) is 4.77. The molecule has 112 valence electrons. The molecule has 0 bridgehead atoms. The van der Waals surface area contributed by atoms with Crippen molar-refractivity contribution in [2.45, 2.75) is 0 Å². The molecule has 0 unspecified atom stereocenters. The van der Waals surface area contributed by atoms with Crippen molar-refractivity contribution >= 4 is 15.9 Å². The van der Waals surface area contributed by atoms with Crippen molar-refractivity contribution in [2.24, 2.45) is 0 Å². The Balaban J connectivity index is 2.23. The average molecular weight is 366 g/mol. The maximum Gasteiger partial charge on any atom is 0.221 e. The predicted octanol–water partition coefficient (Wildman–Crippen LogP) is 4.45. The summed E-state index contributed by atoms with van der Waals surface area (Å²) in [5.41, 5.74) is 3.73. The van der Waals surface area contributed by atoms with Crippen LogP contribution in [0.2, 0.25) is 0 Å². The van der Waals surface area contributed by atoms with Crippen molar-refractivity contribution in [3.8, 4) is 34.3 Å². The van der Waals surface area contributed by atoms with Crippen LogP contribution in [0.1, 0.15) is 5.56 Å². The van der Waals surface area contributed by atoms with E-state index in [1.54, 1.807) is 19.5 Å². The maximum absolute atomic E-state index is 9.40. The van der Waals surface area contributed by atoms with Crippen molar-refractivity contribution in [1.82, 2.24) is 9.97 Å². The van der Waals surface area contributed by atoms with Crippen LogP contribution in [0.3, 0.4) is 0 Å². The molecule has 23 heavy (non-hydrogen) atoms. The van der Waals surface area contributed by atoms with E-state index in [0.717, 1.165) is 26.9 Å². The van der Waals surface area contributed by atoms with Crippen molar-refractivity contribution in [3.05, 3.63) is 64.9 Å². The van der Waals surface area contributed by atoms with E-state index in [1.807, 2.05) is 42.5 Å². The summed E-state index contributed by atoms with van der Waals surface area (Å²) in [6, 6.07) is 15.6. The second-order valence-corrected chi connectivity index (χ2v) is 5.62. The van der Waals surface area contributed by atoms with Crippen LogP contribution >= 0.6 is 15.9 Å². The molecular formula is C18H12BrN3O. The quantitative estimate of drug-likeness (QED) is 0.687. The summed E-state index contributed by atoms with van der Waals surface area (Å²) in [7, 11) is 1.56. The molecule has 0 aliphatic heterocycles. The number of ether oxygens (including phenoxy) is 1. The number of halogens is 1. The second kappa shape index (κ2) is 6.59. The first-order valence-corrected chi connectivity index (χ1v) is 7.68. The first-order valence-electron chi connectivity index (χ1n) is 6.89. The predicted molar refractivity (Wildman–Crippen MR) is 91.9 cm³/mol. The van der Waals surface area contributed by atoms with Gasteiger partial charge in [0.2, 0.25) is 5.88 Å². The van der Waals surface area contributed by atoms with Gasteiger partial charge in [0.15, 0.2) is 0 Å². The van der Waals surface area contributed by atoms with Gasteiger partial charge in [-0.25, -0.2) is 4.98 Å². The van der Waals surface area contributed by atoms with Gasteiger partial charge in [0.1, 0.15) is 6.07 Å². The van der Waals surface area contributed by atoms with E-state index < -0.39 is 0 Å². The number of hydrogen-bond acceptors (Lipinski definition) is 4. The van der Waals surface area contributed by atoms with Crippen molar-refractivity contribution in [2.75, 3.05) is 7.11 Å². The molecule has 0 aliphatic carbocycles. The van der Waals surface area contributed by atoms with Gasteiger partial charge in [-0.1, -0.05) is 34.1 Å². The van der Waals surface area contributed by atoms with Crippen molar-refractivity contribution < 1.29 is 4.74 Å². The summed E-state index contributed by atoms with van der Waals surface area (Å²) >= 11 is 3.54. The number of rotatable bonds is 3. The van der Waals surface area contributed by atoms with Gasteiger partial charge in [0.05, 0.1) is 18.4 Å². The monoisotopic (exact) mass is 365 g/mol. The minimum atomic E-state index is 0.479. The summed E-state index contributed by atoms with van der Waals surface area (Å²) in [5, 5.41) is 9.40. The Hall–Kier alpha value is -2.71. The average Bonchev–Trinajstić information content (AvgIpc) is 2.61. The van der Waals surface area contributed by atoms with Gasteiger partial charge in [-0.2, -0.15) is 5.26 Å². The van der Waals surface area contributed by atoms with Gasteiger partial charge in [-0.3, -0.25) is 4.98 Å². The highest BCUT2D eigenvalue weighted by Gasteiger charge is 2.14. The van der Waals surface area contributed by atoms with Gasteiger partial charge in [0, 0.05) is 33.6 Å². The number of nitriles is 1. The molecule has 2 aromatic heterocycles. The van der Waals surface area contributed by atoms with Gasteiger partial charge < -0.3 is 4.74 Å². The smallest absolute Gasteiger partial charge is 0.221 e. The van der Waals surface area contributed by atoms with Gasteiger partial charge >= 0.3 is 0 Å². The molecule has 3 aromatic rings. The minimum Gasteiger partial charge on any atom is -0.481 e. The zero-order valence-electron chi connectivity index (χ0n) is 12.3. The van der Waals surface area contributed by atoms with Crippen LogP contribution in [0, 0.1) is 11.3 Å². The lowest BCUT2D eigenvalue weighted by Crippen LogP contribution is -1.95. The Morgan fingerprint density at radius 1 is 1.04 bits per heavy atom. The fourth-order valence-corrected chi connectivity index (χ4v) is 2.83. The van der Waals surface area contributed by atoms with Crippen LogP contribution in [-0.4, -0.2) is 17.1 Å². The van der Waals surface area contributed by atoms with E-state index in [-0.39, 0.29) is 0 Å². The Morgan fingerprint density at radius 2 is 1.83 bits per heavy atom. The van der Waals surface area contributed by atoms with Crippen LogP contribution in [0.4, 0.5) is 0 Å². The molecule has 0 saturated heterocycles. The third-order valence-electron chi connectivity index (χ3n) is 3.43. The zero-order valence-corrected chi connectivity index (χ0v) is 13.9. The molecule has 1 aromatic carbocycles. The van der Waals surface area contributed by atoms with E-state index in [1.165, 1.54) is 0 Å². The van der Waals surface area contributed by atoms with Crippen molar-refractivity contribution in [3.63, 3.8) is 0 Å². The molecule has 4 nitrogen and oxygen atoms in total. The number of pyridine rings is 2. The van der Waals surface area contributed by atoms with Gasteiger partial charge in [-0.05, 0) is 24.3 Å². The highest BCUT2D eigenvalue weighted by Crippen LogP contribution is 2.34. The molecule has 5 heteroatoms. The molecule has 0 fully saturated rings. The Kier molecular flexibility index (Phi) is 4.35. The molecule has 0 atom stereocenters. The molecule has 3 rings (SSSR count). The van der Waals surface area contributed by atoms with Crippen LogP contribution in [-0.2, 0) is 0 Å². The van der Waals surface area contributed by atoms with Crippen LogP contribution in [0.25, 0.3) is 22.4 Å². The number of nitrogens with zero attached hydrogens (tertiary/aromatic N) is 3. The topological polar surface area (TPSA) is 58.8 Å². The molecule has 0 saturated carbocycles. The third kappa shape index (κ3) is 2.94. The first-order chi connectivity index (χ1) is 11.2. The number of hydrogen-bond donors (Lipinski definition) is 0. The molecule has 0 radical (unpaired) electrons. The SMILES string of the molecule is COc1ncccc1-c1cc(-c2ccccc2Br)ncc1C#N. The Bertz CT molecular complexity index is 903. The number of benzene rings is 1. The van der Waals surface area contributed by atoms with E-state index in [9.17, 15) is 5.26 Å². The van der Waals surface area contributed by atoms with Gasteiger partial charge in [0.25, 0.3) is 0 Å². The largest absolute Gasteiger partial charge is 0.481 e. The summed E-state index contributed by atoms with van der Waals surface area (Å²) in [5.74, 6) is 0.480. The van der Waals surface area contributed by atoms with E-state index >= 15 is 0 Å². The molecule has 0 spiro atoms. The summed E-state index contributed by atoms with van der Waals surface area (Å²) in [4.78, 5) is 8.62. The normalized spacial score (nSPS) is 10.1. The molecule has 0 aliphatic rings. The third-order valence-corrected chi connectivity index (χ3v) is 4.12. The molecular weight excluding hydrogens is 354 g/mol. The molecule has 0 amide bonds. The summed E-state index contributed by atoms with van der Waals surface area (Å²) < 4.78 is 6.26. The highest BCUT2D eigenvalue weighted by atomic mass is 79.9. The number of methoxy groups -OCH3 is 1. The Morgan fingerprint density at radius 3 is 2.57 bits per heavy atom. The molecule has 2 heterocycles. The molecule has 0 N–H and O–H groups in total. The lowest BCUT2D eigenvalue weighted by atomic mass is 10.00. The van der Waals surface area contributed by atoms with E-state index in [2.05, 4.69) is 32.0 Å². The van der Waals surface area contributed by atoms with Gasteiger partial charge in [-0.15, -0.1) is 0 Å². The highest BCUT2D eigenvalue weighted by molar-refractivity contribution is 9.10. The van der Waals surface area contributed by atoms with Crippen LogP contribution in [0.15, 0.2) is 59.3 Å². The van der Waals surface area contributed by atoms with E-state index in [4.69, 9.17) is 4.74 Å². The summed E-state index contributed by atoms with van der Waals surface area (Å²) in [6.07, 6.45) is 3.24. The van der Waals surface area contributed by atoms with Crippen molar-refractivity contribution in [1.29, 1.82) is 5.26 Å². The first kappa shape index (κ1) is 15.2. The van der Waals surface area contributed by atoms with Crippen LogP contribution < -0.4 is 4.74 Å².